The second-order valence-corrected chi connectivity index (χ2v) is 6.64. The van der Waals surface area contributed by atoms with Gasteiger partial charge in [-0.05, 0) is 37.7 Å². The maximum atomic E-state index is 12.5. The van der Waals surface area contributed by atoms with Crippen molar-refractivity contribution in [2.24, 2.45) is 0 Å². The molecule has 0 aromatic carbocycles. The lowest BCUT2D eigenvalue weighted by atomic mass is 9.97. The first-order valence-electron chi connectivity index (χ1n) is 8.94. The fourth-order valence-corrected chi connectivity index (χ4v) is 3.62. The number of carbonyl (C=O) groups excluding carboxylic acids is 1. The Morgan fingerprint density at radius 2 is 1.92 bits per heavy atom. The summed E-state index contributed by atoms with van der Waals surface area (Å²) in [6.07, 6.45) is 6.63. The van der Waals surface area contributed by atoms with Gasteiger partial charge in [-0.2, -0.15) is 0 Å². The van der Waals surface area contributed by atoms with E-state index in [0.29, 0.717) is 13.0 Å². The quantitative estimate of drug-likeness (QED) is 0.851. The summed E-state index contributed by atoms with van der Waals surface area (Å²) >= 11 is 0. The zero-order valence-electron chi connectivity index (χ0n) is 14.5. The monoisotopic (exact) mass is 347 g/mol. The van der Waals surface area contributed by atoms with Crippen LogP contribution in [-0.2, 0) is 11.2 Å². The van der Waals surface area contributed by atoms with Gasteiger partial charge in [0.2, 0.25) is 11.9 Å². The Morgan fingerprint density at radius 3 is 2.52 bits per heavy atom. The Kier molecular flexibility index (Phi) is 5.35. The number of hydrogen-bond donors (Lipinski definition) is 2. The Labute approximate surface area is 147 Å². The van der Waals surface area contributed by atoms with E-state index >= 15 is 0 Å². The number of carbonyl (C=O) groups is 2. The van der Waals surface area contributed by atoms with Crippen LogP contribution >= 0.6 is 0 Å². The van der Waals surface area contributed by atoms with E-state index in [-0.39, 0.29) is 11.9 Å². The van der Waals surface area contributed by atoms with Crippen LogP contribution in [0.1, 0.15) is 38.2 Å². The van der Waals surface area contributed by atoms with Gasteiger partial charge in [-0.15, -0.1) is 0 Å². The lowest BCUT2D eigenvalue weighted by molar-refractivity contribution is -0.138. The molecule has 3 rings (SSSR count). The number of piperidine rings is 2. The van der Waals surface area contributed by atoms with Crippen LogP contribution in [-0.4, -0.2) is 63.7 Å². The Morgan fingerprint density at radius 1 is 1.24 bits per heavy atom. The molecular weight excluding hydrogens is 322 g/mol. The largest absolute Gasteiger partial charge is 0.465 e. The van der Waals surface area contributed by atoms with Crippen LogP contribution in [0.3, 0.4) is 0 Å². The lowest BCUT2D eigenvalue weighted by Gasteiger charge is -2.42. The summed E-state index contributed by atoms with van der Waals surface area (Å²) in [7, 11) is 0. The Bertz CT molecular complexity index is 613. The van der Waals surface area contributed by atoms with Gasteiger partial charge in [0.1, 0.15) is 6.04 Å². The third-order valence-corrected chi connectivity index (χ3v) is 5.06. The van der Waals surface area contributed by atoms with Crippen LogP contribution in [0.5, 0.6) is 0 Å². The molecule has 0 spiro atoms. The molecule has 2 amide bonds. The summed E-state index contributed by atoms with van der Waals surface area (Å²) in [4.78, 5) is 36.3. The second-order valence-electron chi connectivity index (χ2n) is 6.64. The third-order valence-electron chi connectivity index (χ3n) is 5.06. The fraction of sp³-hybridized carbons (Fsp3) is 0.647. The zero-order chi connectivity index (χ0) is 17.8. The van der Waals surface area contributed by atoms with Gasteiger partial charge >= 0.3 is 6.09 Å². The van der Waals surface area contributed by atoms with E-state index in [9.17, 15) is 9.59 Å². The molecule has 2 saturated heterocycles. The van der Waals surface area contributed by atoms with Crippen molar-refractivity contribution in [3.8, 4) is 0 Å². The van der Waals surface area contributed by atoms with Crippen LogP contribution < -0.4 is 10.2 Å². The standard InChI is InChI=1S/C17H25N5O3/c1-2-12-10-18-16(19-11-12)21-8-5-13(6-9-21)22-7-3-4-14(15(22)23)20-17(24)25/h10-11,13-14,20H,2-9H2,1H3,(H,24,25). The highest BCUT2D eigenvalue weighted by atomic mass is 16.4. The number of rotatable bonds is 4. The van der Waals surface area contributed by atoms with Gasteiger partial charge in [0.25, 0.3) is 0 Å². The van der Waals surface area contributed by atoms with Crippen molar-refractivity contribution in [3.05, 3.63) is 18.0 Å². The van der Waals surface area contributed by atoms with Crippen molar-refractivity contribution in [2.45, 2.75) is 51.1 Å². The zero-order valence-corrected chi connectivity index (χ0v) is 14.5. The molecule has 0 aliphatic carbocycles. The molecule has 1 aromatic rings. The van der Waals surface area contributed by atoms with Crippen molar-refractivity contribution in [1.29, 1.82) is 0 Å². The molecule has 2 aliphatic rings. The van der Waals surface area contributed by atoms with Gasteiger partial charge in [0.15, 0.2) is 0 Å². The molecule has 2 N–H and O–H groups in total. The first-order chi connectivity index (χ1) is 12.1. The molecule has 3 heterocycles. The summed E-state index contributed by atoms with van der Waals surface area (Å²) in [6, 6.07) is -0.439. The maximum absolute atomic E-state index is 12.5. The fourth-order valence-electron chi connectivity index (χ4n) is 3.62. The highest BCUT2D eigenvalue weighted by Gasteiger charge is 2.35. The van der Waals surface area contributed by atoms with Crippen LogP contribution in [0.15, 0.2) is 12.4 Å². The van der Waals surface area contributed by atoms with E-state index in [1.807, 2.05) is 17.3 Å². The maximum Gasteiger partial charge on any atom is 0.405 e. The van der Waals surface area contributed by atoms with E-state index < -0.39 is 12.1 Å². The van der Waals surface area contributed by atoms with E-state index in [0.717, 1.165) is 50.3 Å². The number of carboxylic acid groups (broad SMARTS) is 1. The van der Waals surface area contributed by atoms with Crippen LogP contribution in [0, 0.1) is 0 Å². The van der Waals surface area contributed by atoms with E-state index in [1.54, 1.807) is 0 Å². The van der Waals surface area contributed by atoms with Crippen LogP contribution in [0.25, 0.3) is 0 Å². The number of likely N-dealkylation sites (tertiary alicyclic amines) is 1. The molecule has 0 bridgehead atoms. The Hall–Kier alpha value is -2.38. The van der Waals surface area contributed by atoms with Gasteiger partial charge < -0.3 is 20.2 Å². The number of nitrogens with zero attached hydrogens (tertiary/aromatic N) is 4. The number of aromatic nitrogens is 2. The number of anilines is 1. The van der Waals surface area contributed by atoms with E-state index in [1.165, 1.54) is 0 Å². The molecule has 1 aromatic heterocycles. The number of amides is 2. The minimum Gasteiger partial charge on any atom is -0.465 e. The van der Waals surface area contributed by atoms with Crippen molar-refractivity contribution in [3.63, 3.8) is 0 Å². The minimum atomic E-state index is -1.14. The molecule has 8 heteroatoms. The van der Waals surface area contributed by atoms with E-state index in [4.69, 9.17) is 5.11 Å². The van der Waals surface area contributed by atoms with Gasteiger partial charge in [0.05, 0.1) is 0 Å². The summed E-state index contributed by atoms with van der Waals surface area (Å²) < 4.78 is 0. The van der Waals surface area contributed by atoms with Crippen LogP contribution in [0.2, 0.25) is 0 Å². The second kappa shape index (κ2) is 7.67. The van der Waals surface area contributed by atoms with Gasteiger partial charge in [-0.3, -0.25) is 4.79 Å². The summed E-state index contributed by atoms with van der Waals surface area (Å²) in [5, 5.41) is 11.2. The molecule has 25 heavy (non-hydrogen) atoms. The summed E-state index contributed by atoms with van der Waals surface area (Å²) in [5.41, 5.74) is 1.12. The number of hydrogen-bond acceptors (Lipinski definition) is 5. The molecule has 0 radical (unpaired) electrons. The SMILES string of the molecule is CCc1cnc(N2CCC(N3CCCC(NC(=O)O)C3=O)CC2)nc1. The lowest BCUT2D eigenvalue weighted by Crippen LogP contribution is -2.57. The predicted molar refractivity (Wildman–Crippen MR) is 92.5 cm³/mol. The number of nitrogens with one attached hydrogen (secondary N) is 1. The van der Waals surface area contributed by atoms with Crippen molar-refractivity contribution < 1.29 is 14.7 Å². The molecule has 8 nitrogen and oxygen atoms in total. The van der Waals surface area contributed by atoms with Crippen LogP contribution in [0.4, 0.5) is 10.7 Å². The highest BCUT2D eigenvalue weighted by molar-refractivity contribution is 5.86. The third kappa shape index (κ3) is 4.00. The van der Waals surface area contributed by atoms with E-state index in [2.05, 4.69) is 27.1 Å². The average Bonchev–Trinajstić information content (AvgIpc) is 2.63. The molecule has 1 atom stereocenters. The van der Waals surface area contributed by atoms with Crippen molar-refractivity contribution in [2.75, 3.05) is 24.5 Å². The van der Waals surface area contributed by atoms with Gasteiger partial charge in [0, 0.05) is 38.1 Å². The normalized spacial score (nSPS) is 22.1. The Balaban J connectivity index is 1.57. The summed E-state index contributed by atoms with van der Waals surface area (Å²) in [5.74, 6) is 0.654. The molecular formula is C17H25N5O3. The van der Waals surface area contributed by atoms with Crippen molar-refractivity contribution >= 4 is 17.9 Å². The molecule has 0 saturated carbocycles. The molecule has 2 aliphatic heterocycles. The smallest absolute Gasteiger partial charge is 0.405 e. The highest BCUT2D eigenvalue weighted by Crippen LogP contribution is 2.24. The molecule has 1 unspecified atom stereocenters. The molecule has 136 valence electrons. The van der Waals surface area contributed by atoms with Crippen molar-refractivity contribution in [1.82, 2.24) is 20.2 Å². The van der Waals surface area contributed by atoms with Gasteiger partial charge in [-0.1, -0.05) is 6.92 Å². The minimum absolute atomic E-state index is 0.0874. The number of aryl methyl sites for hydroxylation is 1. The average molecular weight is 347 g/mol. The summed E-state index contributed by atoms with van der Waals surface area (Å²) in [6.45, 7) is 4.39. The first kappa shape index (κ1) is 17.4. The first-order valence-corrected chi connectivity index (χ1v) is 8.94. The predicted octanol–water partition coefficient (Wildman–Crippen LogP) is 1.27. The topological polar surface area (TPSA) is 98.7 Å². The van der Waals surface area contributed by atoms with Gasteiger partial charge in [-0.25, -0.2) is 14.8 Å². The molecule has 2 fully saturated rings.